The van der Waals surface area contributed by atoms with E-state index in [1.165, 1.54) is 11.3 Å². The lowest BCUT2D eigenvalue weighted by molar-refractivity contribution is -0.112. The Balaban J connectivity index is 1.92. The summed E-state index contributed by atoms with van der Waals surface area (Å²) in [6.45, 7) is 11.9. The van der Waals surface area contributed by atoms with Crippen molar-refractivity contribution in [1.29, 1.82) is 5.26 Å². The number of carbonyl (C=O) groups excluding carboxylic acids is 1. The number of amides is 1. The van der Waals surface area contributed by atoms with Crippen molar-refractivity contribution in [3.8, 4) is 6.07 Å². The molecule has 1 unspecified atom stereocenters. The molecule has 2 aromatic rings. The van der Waals surface area contributed by atoms with Gasteiger partial charge in [0, 0.05) is 28.5 Å². The zero-order valence-electron chi connectivity index (χ0n) is 18.9. The molecule has 1 N–H and O–H groups in total. The van der Waals surface area contributed by atoms with E-state index < -0.39 is 5.91 Å². The molecule has 0 saturated heterocycles. The number of rotatable bonds is 5. The van der Waals surface area contributed by atoms with Crippen molar-refractivity contribution in [1.82, 2.24) is 0 Å². The van der Waals surface area contributed by atoms with E-state index in [-0.39, 0.29) is 11.1 Å². The molecule has 0 bridgehead atoms. The minimum Gasteiger partial charge on any atom is -0.366 e. The predicted octanol–water partition coefficient (Wildman–Crippen LogP) is 6.70. The Hall–Kier alpha value is -2.77. The van der Waals surface area contributed by atoms with E-state index in [1.807, 2.05) is 25.1 Å². The fourth-order valence-electron chi connectivity index (χ4n) is 4.48. The van der Waals surface area contributed by atoms with Gasteiger partial charge in [-0.15, -0.1) is 0 Å². The van der Waals surface area contributed by atoms with Crippen LogP contribution in [0.4, 0.5) is 11.4 Å². The summed E-state index contributed by atoms with van der Waals surface area (Å²) < 4.78 is 0. The molecular weight excluding hydrogens is 406 g/mol. The molecule has 31 heavy (non-hydrogen) atoms. The van der Waals surface area contributed by atoms with Gasteiger partial charge in [-0.25, -0.2) is 0 Å². The van der Waals surface area contributed by atoms with Gasteiger partial charge in [0.25, 0.3) is 5.91 Å². The molecule has 5 heteroatoms. The molecule has 0 spiro atoms. The Bertz CT molecular complexity index is 1060. The summed E-state index contributed by atoms with van der Waals surface area (Å²) >= 11 is 6.04. The van der Waals surface area contributed by atoms with Crippen molar-refractivity contribution >= 4 is 35.0 Å². The number of hydrogen-bond acceptors (Lipinski definition) is 3. The monoisotopic (exact) mass is 435 g/mol. The van der Waals surface area contributed by atoms with E-state index in [0.717, 1.165) is 30.5 Å². The van der Waals surface area contributed by atoms with E-state index in [4.69, 9.17) is 11.6 Å². The second-order valence-electron chi connectivity index (χ2n) is 8.97. The highest BCUT2D eigenvalue weighted by molar-refractivity contribution is 6.31. The van der Waals surface area contributed by atoms with Crippen LogP contribution < -0.4 is 10.2 Å². The molecule has 3 rings (SSSR count). The van der Waals surface area contributed by atoms with Crippen LogP contribution in [0, 0.1) is 18.3 Å². The Morgan fingerprint density at radius 2 is 2.06 bits per heavy atom. The van der Waals surface area contributed by atoms with Gasteiger partial charge in [-0.1, -0.05) is 37.6 Å². The van der Waals surface area contributed by atoms with Gasteiger partial charge in [-0.05, 0) is 86.6 Å². The first-order valence-corrected chi connectivity index (χ1v) is 11.1. The van der Waals surface area contributed by atoms with E-state index >= 15 is 0 Å². The van der Waals surface area contributed by atoms with Crippen molar-refractivity contribution in [2.24, 2.45) is 0 Å². The zero-order valence-corrected chi connectivity index (χ0v) is 19.7. The molecule has 1 aliphatic heterocycles. The summed E-state index contributed by atoms with van der Waals surface area (Å²) in [4.78, 5) is 15.2. The molecule has 0 aromatic heterocycles. The minimum atomic E-state index is -0.438. The molecule has 162 valence electrons. The predicted molar refractivity (Wildman–Crippen MR) is 130 cm³/mol. The van der Waals surface area contributed by atoms with Crippen LogP contribution in [0.3, 0.4) is 0 Å². The summed E-state index contributed by atoms with van der Waals surface area (Å²) in [6.07, 6.45) is 3.81. The molecule has 1 amide bonds. The number of anilines is 2. The van der Waals surface area contributed by atoms with Gasteiger partial charge in [0.2, 0.25) is 0 Å². The first-order valence-electron chi connectivity index (χ1n) is 10.8. The van der Waals surface area contributed by atoms with Crippen LogP contribution in [0.1, 0.15) is 63.1 Å². The lowest BCUT2D eigenvalue weighted by atomic mass is 9.79. The van der Waals surface area contributed by atoms with Crippen LogP contribution in [-0.2, 0) is 4.79 Å². The van der Waals surface area contributed by atoms with Crippen LogP contribution >= 0.6 is 11.6 Å². The molecule has 0 fully saturated rings. The van der Waals surface area contributed by atoms with Gasteiger partial charge < -0.3 is 10.2 Å². The molecule has 0 aliphatic carbocycles. The lowest BCUT2D eigenvalue weighted by Gasteiger charge is -2.47. The van der Waals surface area contributed by atoms with Crippen LogP contribution in [-0.4, -0.2) is 18.0 Å². The molecular formula is C26H30ClN3O. The number of hydrogen-bond donors (Lipinski definition) is 1. The van der Waals surface area contributed by atoms with Gasteiger partial charge in [-0.3, -0.25) is 4.79 Å². The van der Waals surface area contributed by atoms with Crippen molar-refractivity contribution in [2.45, 2.75) is 58.9 Å². The number of nitriles is 1. The second-order valence-corrected chi connectivity index (χ2v) is 9.41. The van der Waals surface area contributed by atoms with E-state index in [1.54, 1.807) is 18.2 Å². The molecule has 0 saturated carbocycles. The van der Waals surface area contributed by atoms with E-state index in [9.17, 15) is 10.1 Å². The summed E-state index contributed by atoms with van der Waals surface area (Å²) in [5, 5.41) is 13.0. The number of carbonyl (C=O) groups is 1. The number of aryl methyl sites for hydroxylation is 1. The third-order valence-corrected chi connectivity index (χ3v) is 6.22. The normalized spacial score (nSPS) is 17.6. The summed E-state index contributed by atoms with van der Waals surface area (Å²) in [6, 6.07) is 13.6. The molecule has 1 atom stereocenters. The highest BCUT2D eigenvalue weighted by Crippen LogP contribution is 2.43. The van der Waals surface area contributed by atoms with Crippen LogP contribution in [0.25, 0.3) is 6.08 Å². The van der Waals surface area contributed by atoms with Gasteiger partial charge >= 0.3 is 0 Å². The Morgan fingerprint density at radius 3 is 2.74 bits per heavy atom. The van der Waals surface area contributed by atoms with Crippen molar-refractivity contribution < 1.29 is 4.79 Å². The zero-order chi connectivity index (χ0) is 22.8. The number of nitrogens with one attached hydrogen (secondary N) is 1. The summed E-state index contributed by atoms with van der Waals surface area (Å²) in [5.41, 5.74) is 5.04. The van der Waals surface area contributed by atoms with Gasteiger partial charge in [0.05, 0.1) is 0 Å². The topological polar surface area (TPSA) is 56.1 Å². The standard InChI is InChI=1S/C26H30ClN3O/c1-6-11-30-24-10-8-19(13-22(24)18(3)15-26(30,4)5)12-20(16-28)25(31)29-23-14-21(27)9-7-17(23)2/h7-10,12-14,18H,6,11,15H2,1-5H3,(H,29,31)/b20-12+. The quantitative estimate of drug-likeness (QED) is 0.420. The van der Waals surface area contributed by atoms with Gasteiger partial charge in [-0.2, -0.15) is 5.26 Å². The highest BCUT2D eigenvalue weighted by atomic mass is 35.5. The van der Waals surface area contributed by atoms with Gasteiger partial charge in [0.1, 0.15) is 11.6 Å². The molecule has 4 nitrogen and oxygen atoms in total. The largest absolute Gasteiger partial charge is 0.366 e. The second kappa shape index (κ2) is 9.16. The van der Waals surface area contributed by atoms with Gasteiger partial charge in [0.15, 0.2) is 0 Å². The molecule has 1 aliphatic rings. The fourth-order valence-corrected chi connectivity index (χ4v) is 4.65. The van der Waals surface area contributed by atoms with Crippen LogP contribution in [0.5, 0.6) is 0 Å². The number of benzene rings is 2. The third-order valence-electron chi connectivity index (χ3n) is 5.98. The Morgan fingerprint density at radius 1 is 1.32 bits per heavy atom. The molecule has 1 heterocycles. The maximum absolute atomic E-state index is 12.7. The number of nitrogens with zero attached hydrogens (tertiary/aromatic N) is 2. The summed E-state index contributed by atoms with van der Waals surface area (Å²) in [5.74, 6) is -0.0349. The lowest BCUT2D eigenvalue weighted by Crippen LogP contribution is -2.48. The van der Waals surface area contributed by atoms with E-state index in [0.29, 0.717) is 16.6 Å². The first-order chi connectivity index (χ1) is 14.7. The number of fused-ring (bicyclic) bond motifs is 1. The SMILES string of the molecule is CCCN1c2ccc(/C=C(\C#N)C(=O)Nc3cc(Cl)ccc3C)cc2C(C)CC1(C)C. The Labute approximate surface area is 190 Å². The maximum atomic E-state index is 12.7. The third kappa shape index (κ3) is 4.94. The van der Waals surface area contributed by atoms with Crippen LogP contribution in [0.15, 0.2) is 42.0 Å². The van der Waals surface area contributed by atoms with E-state index in [2.05, 4.69) is 50.0 Å². The first kappa shape index (κ1) is 22.9. The highest BCUT2D eigenvalue weighted by Gasteiger charge is 2.35. The molecule has 2 aromatic carbocycles. The maximum Gasteiger partial charge on any atom is 0.266 e. The molecule has 0 radical (unpaired) electrons. The smallest absolute Gasteiger partial charge is 0.266 e. The van der Waals surface area contributed by atoms with Crippen molar-refractivity contribution in [3.63, 3.8) is 0 Å². The average molecular weight is 436 g/mol. The van der Waals surface area contributed by atoms with Crippen LogP contribution in [0.2, 0.25) is 5.02 Å². The average Bonchev–Trinajstić information content (AvgIpc) is 2.71. The van der Waals surface area contributed by atoms with Crippen molar-refractivity contribution in [3.05, 3.63) is 63.7 Å². The summed E-state index contributed by atoms with van der Waals surface area (Å²) in [7, 11) is 0. The van der Waals surface area contributed by atoms with Crippen molar-refractivity contribution in [2.75, 3.05) is 16.8 Å². The minimum absolute atomic E-state index is 0.0635. The Kier molecular flexibility index (Phi) is 6.77. The fraction of sp³-hybridized carbons (Fsp3) is 0.385. The number of halogens is 1.